The van der Waals surface area contributed by atoms with Crippen LogP contribution in [0, 0.1) is 0 Å². The first-order valence-electron chi connectivity index (χ1n) is 4.79. The molecule has 0 aliphatic heterocycles. The van der Waals surface area contributed by atoms with Crippen molar-refractivity contribution in [2.75, 3.05) is 7.05 Å². The molecule has 0 fully saturated rings. The quantitative estimate of drug-likeness (QED) is 0.661. The Morgan fingerprint density at radius 1 is 1.14 bits per heavy atom. The highest BCUT2D eigenvalue weighted by Crippen LogP contribution is 2.01. The van der Waals surface area contributed by atoms with E-state index in [0.29, 0.717) is 5.71 Å². The zero-order valence-electron chi connectivity index (χ0n) is 9.24. The first kappa shape index (κ1) is 12.6. The number of hydrogen-bond acceptors (Lipinski definition) is 2. The summed E-state index contributed by atoms with van der Waals surface area (Å²) in [6.45, 7) is 5.52. The lowest BCUT2D eigenvalue weighted by Crippen LogP contribution is -2.10. The van der Waals surface area contributed by atoms with E-state index in [1.165, 1.54) is 6.92 Å². The Morgan fingerprint density at radius 3 is 2.00 bits per heavy atom. The lowest BCUT2D eigenvalue weighted by molar-refractivity contribution is -0.111. The molecule has 0 atom stereocenters. The molecule has 1 aromatic carbocycles. The van der Waals surface area contributed by atoms with Crippen LogP contribution in [-0.2, 0) is 4.79 Å². The van der Waals surface area contributed by atoms with Crippen molar-refractivity contribution in [3.63, 3.8) is 0 Å². The van der Waals surface area contributed by atoms with E-state index in [2.05, 4.69) is 4.99 Å². The van der Waals surface area contributed by atoms with E-state index in [1.807, 2.05) is 44.2 Å². The minimum Gasteiger partial charge on any atom is -0.293 e. The third kappa shape index (κ3) is 3.52. The maximum Gasteiger partial charge on any atom is 0.178 e. The van der Waals surface area contributed by atoms with Crippen molar-refractivity contribution >= 4 is 11.5 Å². The van der Waals surface area contributed by atoms with Gasteiger partial charge in [-0.15, -0.1) is 0 Å². The standard InChI is InChI=1S/C10H11NO.C2H6/c1-8(12)10(11-2)9-6-4-3-5-7-9;1-2/h3-7H,1-2H3;1-2H3. The van der Waals surface area contributed by atoms with E-state index in [9.17, 15) is 4.79 Å². The van der Waals surface area contributed by atoms with Crippen LogP contribution in [0.15, 0.2) is 35.3 Å². The molecular weight excluding hydrogens is 174 g/mol. The number of nitrogens with zero attached hydrogens (tertiary/aromatic N) is 1. The zero-order valence-corrected chi connectivity index (χ0v) is 9.24. The fourth-order valence-electron chi connectivity index (χ4n) is 1.09. The smallest absolute Gasteiger partial charge is 0.178 e. The number of Topliss-reactive ketones (excluding diaryl/α,β-unsaturated/α-hetero) is 1. The molecule has 0 saturated carbocycles. The molecule has 0 aliphatic rings. The van der Waals surface area contributed by atoms with Gasteiger partial charge in [0.2, 0.25) is 0 Å². The van der Waals surface area contributed by atoms with E-state index in [4.69, 9.17) is 0 Å². The van der Waals surface area contributed by atoms with E-state index in [0.717, 1.165) is 5.56 Å². The van der Waals surface area contributed by atoms with Crippen molar-refractivity contribution in [2.45, 2.75) is 20.8 Å². The summed E-state index contributed by atoms with van der Waals surface area (Å²) in [5, 5.41) is 0. The predicted molar refractivity (Wildman–Crippen MR) is 60.9 cm³/mol. The maximum absolute atomic E-state index is 11.0. The number of carbonyl (C=O) groups is 1. The second-order valence-corrected chi connectivity index (χ2v) is 2.49. The van der Waals surface area contributed by atoms with Crippen LogP contribution in [0.3, 0.4) is 0 Å². The van der Waals surface area contributed by atoms with Crippen molar-refractivity contribution in [1.29, 1.82) is 0 Å². The molecule has 2 heteroatoms. The van der Waals surface area contributed by atoms with Gasteiger partial charge in [-0.3, -0.25) is 9.79 Å². The first-order valence-corrected chi connectivity index (χ1v) is 4.79. The molecule has 76 valence electrons. The van der Waals surface area contributed by atoms with Gasteiger partial charge < -0.3 is 0 Å². The average molecular weight is 191 g/mol. The van der Waals surface area contributed by atoms with Crippen molar-refractivity contribution in [1.82, 2.24) is 0 Å². The van der Waals surface area contributed by atoms with Gasteiger partial charge in [-0.25, -0.2) is 0 Å². The molecular formula is C12H17NO. The number of ketones is 1. The molecule has 0 spiro atoms. The third-order valence-electron chi connectivity index (χ3n) is 1.60. The molecule has 0 N–H and O–H groups in total. The van der Waals surface area contributed by atoms with Crippen molar-refractivity contribution in [3.05, 3.63) is 35.9 Å². The summed E-state index contributed by atoms with van der Waals surface area (Å²) in [4.78, 5) is 15.0. The Morgan fingerprint density at radius 2 is 1.64 bits per heavy atom. The summed E-state index contributed by atoms with van der Waals surface area (Å²) in [6.07, 6.45) is 0. The number of hydrogen-bond donors (Lipinski definition) is 0. The fourth-order valence-corrected chi connectivity index (χ4v) is 1.09. The van der Waals surface area contributed by atoms with Crippen LogP contribution in [0.25, 0.3) is 0 Å². The van der Waals surface area contributed by atoms with Crippen molar-refractivity contribution in [3.8, 4) is 0 Å². The van der Waals surface area contributed by atoms with Crippen molar-refractivity contribution < 1.29 is 4.79 Å². The molecule has 0 unspecified atom stereocenters. The van der Waals surface area contributed by atoms with E-state index in [1.54, 1.807) is 7.05 Å². The number of aliphatic imine (C=N–C) groups is 1. The monoisotopic (exact) mass is 191 g/mol. The van der Waals surface area contributed by atoms with Gasteiger partial charge in [0.05, 0.1) is 0 Å². The van der Waals surface area contributed by atoms with E-state index < -0.39 is 0 Å². The summed E-state index contributed by atoms with van der Waals surface area (Å²) in [5.74, 6) is 0.00343. The highest BCUT2D eigenvalue weighted by molar-refractivity contribution is 6.45. The predicted octanol–water partition coefficient (Wildman–Crippen LogP) is 2.72. The number of rotatable bonds is 2. The van der Waals surface area contributed by atoms with E-state index >= 15 is 0 Å². The van der Waals surface area contributed by atoms with Gasteiger partial charge in [-0.1, -0.05) is 44.2 Å². The van der Waals surface area contributed by atoms with Gasteiger partial charge in [-0.2, -0.15) is 0 Å². The maximum atomic E-state index is 11.0. The number of benzene rings is 1. The van der Waals surface area contributed by atoms with Gasteiger partial charge in [-0.05, 0) is 0 Å². The van der Waals surface area contributed by atoms with Crippen LogP contribution < -0.4 is 0 Å². The Bertz CT molecular complexity index is 301. The van der Waals surface area contributed by atoms with Gasteiger partial charge in [0.1, 0.15) is 5.71 Å². The molecule has 0 amide bonds. The van der Waals surface area contributed by atoms with Crippen LogP contribution in [0.4, 0.5) is 0 Å². The molecule has 0 heterocycles. The largest absolute Gasteiger partial charge is 0.293 e. The Kier molecular flexibility index (Phi) is 6.29. The molecule has 2 nitrogen and oxygen atoms in total. The second kappa shape index (κ2) is 7.01. The molecule has 0 aromatic heterocycles. The molecule has 0 aliphatic carbocycles. The summed E-state index contributed by atoms with van der Waals surface area (Å²) < 4.78 is 0. The lowest BCUT2D eigenvalue weighted by atomic mass is 10.1. The topological polar surface area (TPSA) is 29.4 Å². The molecule has 14 heavy (non-hydrogen) atoms. The highest BCUT2D eigenvalue weighted by Gasteiger charge is 2.05. The Labute approximate surface area is 85.7 Å². The summed E-state index contributed by atoms with van der Waals surface area (Å²) in [5.41, 5.74) is 1.42. The zero-order chi connectivity index (χ0) is 11.0. The molecule has 0 saturated heterocycles. The van der Waals surface area contributed by atoms with Crippen LogP contribution in [0.1, 0.15) is 26.3 Å². The van der Waals surface area contributed by atoms with Gasteiger partial charge in [0.25, 0.3) is 0 Å². The SMILES string of the molecule is CC.CN=C(C(C)=O)c1ccccc1. The summed E-state index contributed by atoms with van der Waals surface area (Å²) in [7, 11) is 1.63. The third-order valence-corrected chi connectivity index (χ3v) is 1.60. The molecule has 1 aromatic rings. The first-order chi connectivity index (χ1) is 6.75. The van der Waals surface area contributed by atoms with Gasteiger partial charge >= 0.3 is 0 Å². The van der Waals surface area contributed by atoms with Crippen LogP contribution in [0.2, 0.25) is 0 Å². The lowest BCUT2D eigenvalue weighted by Gasteiger charge is -1.99. The minimum atomic E-state index is 0.00343. The molecule has 1 rings (SSSR count). The van der Waals surface area contributed by atoms with Crippen LogP contribution >= 0.6 is 0 Å². The molecule has 0 bridgehead atoms. The summed E-state index contributed by atoms with van der Waals surface area (Å²) in [6, 6.07) is 9.46. The normalized spacial score (nSPS) is 10.1. The van der Waals surface area contributed by atoms with Crippen molar-refractivity contribution in [2.24, 2.45) is 4.99 Å². The van der Waals surface area contributed by atoms with E-state index in [-0.39, 0.29) is 5.78 Å². The van der Waals surface area contributed by atoms with Gasteiger partial charge in [0, 0.05) is 19.5 Å². The Hall–Kier alpha value is -1.44. The molecule has 0 radical (unpaired) electrons. The Balaban J connectivity index is 0.000000791. The second-order valence-electron chi connectivity index (χ2n) is 2.49. The fraction of sp³-hybridized carbons (Fsp3) is 0.333. The van der Waals surface area contributed by atoms with Crippen LogP contribution in [-0.4, -0.2) is 18.5 Å². The van der Waals surface area contributed by atoms with Crippen LogP contribution in [0.5, 0.6) is 0 Å². The highest BCUT2D eigenvalue weighted by atomic mass is 16.1. The average Bonchev–Trinajstić information content (AvgIpc) is 2.23. The minimum absolute atomic E-state index is 0.00343. The number of carbonyl (C=O) groups excluding carboxylic acids is 1. The van der Waals surface area contributed by atoms with Gasteiger partial charge in [0.15, 0.2) is 5.78 Å². The summed E-state index contributed by atoms with van der Waals surface area (Å²) >= 11 is 0.